The number of amides is 2. The molecule has 7 nitrogen and oxygen atoms in total. The van der Waals surface area contributed by atoms with Crippen molar-refractivity contribution in [2.45, 2.75) is 19.9 Å². The standard InChI is InChI=1S/C22H31N3O4/c1-5-12-25(22(27)18-8-10-20(29-4)11-9-18)17-21(26)24(14-15-28-3)16-19-7-6-13-23(19)2/h6-11,13H,5,12,14-17H2,1-4H3. The molecule has 2 rings (SSSR count). The van der Waals surface area contributed by atoms with Crippen molar-refractivity contribution in [2.75, 3.05) is 40.5 Å². The number of aromatic nitrogens is 1. The fourth-order valence-electron chi connectivity index (χ4n) is 3.05. The zero-order chi connectivity index (χ0) is 21.2. The summed E-state index contributed by atoms with van der Waals surface area (Å²) >= 11 is 0. The second kappa shape index (κ2) is 11.3. The zero-order valence-corrected chi connectivity index (χ0v) is 17.8. The van der Waals surface area contributed by atoms with E-state index in [1.807, 2.05) is 36.9 Å². The lowest BCUT2D eigenvalue weighted by atomic mass is 10.2. The molecule has 2 aromatic rings. The van der Waals surface area contributed by atoms with Gasteiger partial charge in [0.05, 0.1) is 20.3 Å². The smallest absolute Gasteiger partial charge is 0.254 e. The van der Waals surface area contributed by atoms with Crippen molar-refractivity contribution in [1.82, 2.24) is 14.4 Å². The Balaban J connectivity index is 2.12. The second-order valence-electron chi connectivity index (χ2n) is 6.87. The van der Waals surface area contributed by atoms with Crippen LogP contribution >= 0.6 is 0 Å². The highest BCUT2D eigenvalue weighted by Crippen LogP contribution is 2.14. The van der Waals surface area contributed by atoms with Gasteiger partial charge < -0.3 is 23.8 Å². The van der Waals surface area contributed by atoms with Crippen LogP contribution in [-0.4, -0.2) is 66.6 Å². The molecule has 1 aromatic carbocycles. The van der Waals surface area contributed by atoms with Crippen molar-refractivity contribution >= 4 is 11.8 Å². The van der Waals surface area contributed by atoms with Crippen LogP contribution in [0.15, 0.2) is 42.6 Å². The van der Waals surface area contributed by atoms with Gasteiger partial charge in [-0.2, -0.15) is 0 Å². The van der Waals surface area contributed by atoms with Gasteiger partial charge in [0.2, 0.25) is 5.91 Å². The summed E-state index contributed by atoms with van der Waals surface area (Å²) in [6.45, 7) is 3.92. The van der Waals surface area contributed by atoms with Crippen LogP contribution < -0.4 is 4.74 Å². The summed E-state index contributed by atoms with van der Waals surface area (Å²) in [6.07, 6.45) is 2.72. The van der Waals surface area contributed by atoms with E-state index in [2.05, 4.69) is 0 Å². The summed E-state index contributed by atoms with van der Waals surface area (Å²) in [5.74, 6) is 0.431. The topological polar surface area (TPSA) is 64.0 Å². The number of benzene rings is 1. The van der Waals surface area contributed by atoms with Gasteiger partial charge in [-0.25, -0.2) is 0 Å². The molecule has 0 aliphatic rings. The maximum absolute atomic E-state index is 13.1. The van der Waals surface area contributed by atoms with E-state index in [-0.39, 0.29) is 18.4 Å². The molecule has 0 fully saturated rings. The number of ether oxygens (including phenoxy) is 2. The minimum atomic E-state index is -0.159. The molecule has 158 valence electrons. The lowest BCUT2D eigenvalue weighted by Gasteiger charge is -2.27. The molecular formula is C22H31N3O4. The van der Waals surface area contributed by atoms with Crippen LogP contribution in [0, 0.1) is 0 Å². The molecule has 2 amide bonds. The van der Waals surface area contributed by atoms with Crippen molar-refractivity contribution in [2.24, 2.45) is 7.05 Å². The lowest BCUT2D eigenvalue weighted by Crippen LogP contribution is -2.44. The average molecular weight is 402 g/mol. The Morgan fingerprint density at radius 3 is 2.31 bits per heavy atom. The predicted octanol–water partition coefficient (Wildman–Crippen LogP) is 2.56. The summed E-state index contributed by atoms with van der Waals surface area (Å²) in [5.41, 5.74) is 1.57. The molecule has 0 saturated carbocycles. The molecule has 0 N–H and O–H groups in total. The van der Waals surface area contributed by atoms with E-state index in [1.54, 1.807) is 48.3 Å². The SMILES string of the molecule is CCCN(CC(=O)N(CCOC)Cc1cccn1C)C(=O)c1ccc(OC)cc1. The minimum Gasteiger partial charge on any atom is -0.497 e. The first-order valence-electron chi connectivity index (χ1n) is 9.80. The first-order valence-corrected chi connectivity index (χ1v) is 9.80. The quantitative estimate of drug-likeness (QED) is 0.581. The Morgan fingerprint density at radius 2 is 1.76 bits per heavy atom. The van der Waals surface area contributed by atoms with Crippen molar-refractivity contribution < 1.29 is 19.1 Å². The molecule has 0 radical (unpaired) electrons. The summed E-state index contributed by atoms with van der Waals surface area (Å²) < 4.78 is 12.3. The maximum atomic E-state index is 13.1. The van der Waals surface area contributed by atoms with Crippen molar-refractivity contribution in [3.63, 3.8) is 0 Å². The van der Waals surface area contributed by atoms with Gasteiger partial charge >= 0.3 is 0 Å². The molecule has 0 aliphatic heterocycles. The van der Waals surface area contributed by atoms with Crippen molar-refractivity contribution in [1.29, 1.82) is 0 Å². The highest BCUT2D eigenvalue weighted by molar-refractivity contribution is 5.96. The van der Waals surface area contributed by atoms with Crippen LogP contribution in [0.25, 0.3) is 0 Å². The van der Waals surface area contributed by atoms with Crippen LogP contribution in [0.5, 0.6) is 5.75 Å². The molecule has 0 bridgehead atoms. The van der Waals surface area contributed by atoms with Crippen molar-refractivity contribution in [3.05, 3.63) is 53.9 Å². The van der Waals surface area contributed by atoms with Gasteiger partial charge in [-0.05, 0) is 42.8 Å². The Hall–Kier alpha value is -2.80. The summed E-state index contributed by atoms with van der Waals surface area (Å²) in [4.78, 5) is 29.4. The van der Waals surface area contributed by atoms with Crippen LogP contribution in [-0.2, 0) is 23.1 Å². The lowest BCUT2D eigenvalue weighted by molar-refractivity contribution is -0.133. The van der Waals surface area contributed by atoms with E-state index in [9.17, 15) is 9.59 Å². The number of carbonyl (C=O) groups is 2. The number of nitrogens with zero attached hydrogens (tertiary/aromatic N) is 3. The molecule has 7 heteroatoms. The van der Waals surface area contributed by atoms with E-state index >= 15 is 0 Å². The third-order valence-corrected chi connectivity index (χ3v) is 4.77. The highest BCUT2D eigenvalue weighted by Gasteiger charge is 2.22. The van der Waals surface area contributed by atoms with Gasteiger partial charge in [0.15, 0.2) is 0 Å². The van der Waals surface area contributed by atoms with Gasteiger partial charge in [0, 0.05) is 44.7 Å². The largest absolute Gasteiger partial charge is 0.497 e. The zero-order valence-electron chi connectivity index (χ0n) is 17.8. The third-order valence-electron chi connectivity index (χ3n) is 4.77. The van der Waals surface area contributed by atoms with Crippen LogP contribution in [0.1, 0.15) is 29.4 Å². The van der Waals surface area contributed by atoms with Gasteiger partial charge in [-0.1, -0.05) is 6.92 Å². The van der Waals surface area contributed by atoms with Gasteiger partial charge in [0.1, 0.15) is 12.3 Å². The van der Waals surface area contributed by atoms with E-state index in [0.29, 0.717) is 37.6 Å². The van der Waals surface area contributed by atoms with E-state index in [1.165, 1.54) is 0 Å². The number of hydrogen-bond donors (Lipinski definition) is 0. The number of aryl methyl sites for hydroxylation is 1. The predicted molar refractivity (Wildman–Crippen MR) is 112 cm³/mol. The van der Waals surface area contributed by atoms with E-state index in [4.69, 9.17) is 9.47 Å². The summed E-state index contributed by atoms with van der Waals surface area (Å²) in [7, 11) is 5.15. The molecule has 0 spiro atoms. The number of carbonyl (C=O) groups excluding carboxylic acids is 2. The van der Waals surface area contributed by atoms with Crippen LogP contribution in [0.4, 0.5) is 0 Å². The average Bonchev–Trinajstić information content (AvgIpc) is 3.14. The number of hydrogen-bond acceptors (Lipinski definition) is 4. The summed E-state index contributed by atoms with van der Waals surface area (Å²) in [5, 5.41) is 0. The third kappa shape index (κ3) is 6.35. The normalized spacial score (nSPS) is 10.6. The first kappa shape index (κ1) is 22.5. The summed E-state index contributed by atoms with van der Waals surface area (Å²) in [6, 6.07) is 10.9. The molecule has 0 unspecified atom stereocenters. The molecule has 29 heavy (non-hydrogen) atoms. The Labute approximate surface area is 172 Å². The molecule has 1 aromatic heterocycles. The van der Waals surface area contributed by atoms with Crippen LogP contribution in [0.3, 0.4) is 0 Å². The Kier molecular flexibility index (Phi) is 8.73. The molecule has 0 saturated heterocycles. The fraction of sp³-hybridized carbons (Fsp3) is 0.455. The van der Waals surface area contributed by atoms with E-state index in [0.717, 1.165) is 12.1 Å². The fourth-order valence-corrected chi connectivity index (χ4v) is 3.05. The highest BCUT2D eigenvalue weighted by atomic mass is 16.5. The van der Waals surface area contributed by atoms with Gasteiger partial charge in [-0.3, -0.25) is 9.59 Å². The Bertz CT molecular complexity index is 786. The van der Waals surface area contributed by atoms with E-state index < -0.39 is 0 Å². The first-order chi connectivity index (χ1) is 14.0. The number of rotatable bonds is 11. The Morgan fingerprint density at radius 1 is 1.03 bits per heavy atom. The minimum absolute atomic E-state index is 0.0346. The molecule has 0 aliphatic carbocycles. The molecule has 0 atom stereocenters. The van der Waals surface area contributed by atoms with Crippen molar-refractivity contribution in [3.8, 4) is 5.75 Å². The monoisotopic (exact) mass is 401 g/mol. The molecular weight excluding hydrogens is 370 g/mol. The van der Waals surface area contributed by atoms with Crippen LogP contribution in [0.2, 0.25) is 0 Å². The van der Waals surface area contributed by atoms with Gasteiger partial charge in [-0.15, -0.1) is 0 Å². The number of methoxy groups -OCH3 is 2. The maximum Gasteiger partial charge on any atom is 0.254 e. The van der Waals surface area contributed by atoms with Gasteiger partial charge in [0.25, 0.3) is 5.91 Å². The molecule has 1 heterocycles. The second-order valence-corrected chi connectivity index (χ2v) is 6.87.